The minimum Gasteiger partial charge on any atom is -0.481 e. The van der Waals surface area contributed by atoms with Crippen LogP contribution in [0.3, 0.4) is 0 Å². The molecule has 3 nitrogen and oxygen atoms in total. The number of aliphatic carboxylic acids is 1. The lowest BCUT2D eigenvalue weighted by molar-refractivity contribution is -0.144. The molecule has 1 heterocycles. The molecule has 1 N–H and O–H groups in total. The number of hydrogen-bond donors (Lipinski definition) is 1. The van der Waals surface area contributed by atoms with Gasteiger partial charge in [-0.3, -0.25) is 9.69 Å². The zero-order valence-electron chi connectivity index (χ0n) is 11.1. The molecule has 0 spiro atoms. The minimum atomic E-state index is -0.656. The maximum Gasteiger partial charge on any atom is 0.307 e. The first-order valence-electron chi connectivity index (χ1n) is 6.59. The number of nitrogens with zero attached hydrogens (tertiary/aromatic N) is 1. The van der Waals surface area contributed by atoms with Gasteiger partial charge in [0.05, 0.1) is 5.92 Å². The van der Waals surface area contributed by atoms with Crippen LogP contribution < -0.4 is 0 Å². The summed E-state index contributed by atoms with van der Waals surface area (Å²) in [7, 11) is 0. The number of likely N-dealkylation sites (tertiary alicyclic amines) is 1. The van der Waals surface area contributed by atoms with Crippen LogP contribution in [-0.2, 0) is 11.3 Å². The third-order valence-corrected chi connectivity index (χ3v) is 4.00. The van der Waals surface area contributed by atoms with Crippen LogP contribution >= 0.6 is 0 Å². The second-order valence-corrected chi connectivity index (χ2v) is 5.32. The molecule has 1 saturated heterocycles. The Kier molecular flexibility index (Phi) is 4.02. The third-order valence-electron chi connectivity index (χ3n) is 4.00. The molecule has 0 amide bonds. The van der Waals surface area contributed by atoms with E-state index in [-0.39, 0.29) is 5.92 Å². The fraction of sp³-hybridized carbons (Fsp3) is 0.533. The minimum absolute atomic E-state index is 0.204. The van der Waals surface area contributed by atoms with Crippen LogP contribution in [0.4, 0.5) is 0 Å². The lowest BCUT2D eigenvalue weighted by Gasteiger charge is -2.36. The molecule has 0 radical (unpaired) electrons. The van der Waals surface area contributed by atoms with Crippen molar-refractivity contribution in [2.24, 2.45) is 5.92 Å². The molecule has 1 aromatic rings. The van der Waals surface area contributed by atoms with Gasteiger partial charge in [-0.15, -0.1) is 0 Å². The van der Waals surface area contributed by atoms with Crippen LogP contribution in [0.2, 0.25) is 0 Å². The van der Waals surface area contributed by atoms with Gasteiger partial charge in [-0.05, 0) is 37.8 Å². The number of carbonyl (C=O) groups is 1. The summed E-state index contributed by atoms with van der Waals surface area (Å²) in [5, 5.41) is 9.14. The largest absolute Gasteiger partial charge is 0.481 e. The van der Waals surface area contributed by atoms with Crippen LogP contribution in [0, 0.1) is 12.8 Å². The summed E-state index contributed by atoms with van der Waals surface area (Å²) >= 11 is 0. The number of hydrogen-bond acceptors (Lipinski definition) is 2. The Labute approximate surface area is 108 Å². The van der Waals surface area contributed by atoms with E-state index in [1.165, 1.54) is 11.1 Å². The number of piperidine rings is 1. The monoisotopic (exact) mass is 247 g/mol. The van der Waals surface area contributed by atoms with Gasteiger partial charge >= 0.3 is 5.97 Å². The molecule has 2 rings (SSSR count). The van der Waals surface area contributed by atoms with Gasteiger partial charge in [0.1, 0.15) is 0 Å². The molecule has 0 bridgehead atoms. The smallest absolute Gasteiger partial charge is 0.307 e. The zero-order chi connectivity index (χ0) is 13.1. The first-order chi connectivity index (χ1) is 8.58. The normalized spacial score (nSPS) is 25.0. The standard InChI is InChI=1S/C15H21NO2/c1-11-5-3-4-6-13(11)9-16-10-14(15(17)18)8-7-12(16)2/h3-6,12,14H,7-10H2,1-2H3,(H,17,18). The van der Waals surface area contributed by atoms with Crippen molar-refractivity contribution in [2.45, 2.75) is 39.3 Å². The molecule has 1 aromatic carbocycles. The van der Waals surface area contributed by atoms with Crippen LogP contribution in [0.25, 0.3) is 0 Å². The number of carboxylic acids is 1. The van der Waals surface area contributed by atoms with E-state index in [0.29, 0.717) is 12.6 Å². The molecule has 0 aliphatic carbocycles. The van der Waals surface area contributed by atoms with Crippen molar-refractivity contribution in [1.82, 2.24) is 4.90 Å². The third kappa shape index (κ3) is 2.91. The Morgan fingerprint density at radius 2 is 2.11 bits per heavy atom. The Hall–Kier alpha value is -1.35. The summed E-state index contributed by atoms with van der Waals surface area (Å²) in [5.41, 5.74) is 2.58. The second-order valence-electron chi connectivity index (χ2n) is 5.32. The van der Waals surface area contributed by atoms with Crippen LogP contribution in [0.5, 0.6) is 0 Å². The highest BCUT2D eigenvalue weighted by atomic mass is 16.4. The van der Waals surface area contributed by atoms with Gasteiger partial charge in [0.15, 0.2) is 0 Å². The molecule has 1 aliphatic rings. The van der Waals surface area contributed by atoms with Gasteiger partial charge in [0, 0.05) is 19.1 Å². The van der Waals surface area contributed by atoms with Crippen molar-refractivity contribution in [3.05, 3.63) is 35.4 Å². The van der Waals surface area contributed by atoms with Crippen LogP contribution in [0.1, 0.15) is 30.9 Å². The first-order valence-corrected chi connectivity index (χ1v) is 6.59. The van der Waals surface area contributed by atoms with E-state index in [1.54, 1.807) is 0 Å². The predicted molar refractivity (Wildman–Crippen MR) is 71.4 cm³/mol. The SMILES string of the molecule is Cc1ccccc1CN1CC(C(=O)O)CCC1C. The highest BCUT2D eigenvalue weighted by Gasteiger charge is 2.29. The van der Waals surface area contributed by atoms with Crippen molar-refractivity contribution in [3.8, 4) is 0 Å². The Bertz CT molecular complexity index is 430. The zero-order valence-corrected chi connectivity index (χ0v) is 11.1. The fourth-order valence-electron chi connectivity index (χ4n) is 2.61. The van der Waals surface area contributed by atoms with Gasteiger partial charge in [-0.25, -0.2) is 0 Å². The molecule has 18 heavy (non-hydrogen) atoms. The molecule has 2 atom stereocenters. The van der Waals surface area contributed by atoms with E-state index >= 15 is 0 Å². The van der Waals surface area contributed by atoms with Gasteiger partial charge in [-0.1, -0.05) is 24.3 Å². The maximum atomic E-state index is 11.1. The van der Waals surface area contributed by atoms with Gasteiger partial charge in [0.2, 0.25) is 0 Å². The van der Waals surface area contributed by atoms with Crippen molar-refractivity contribution in [3.63, 3.8) is 0 Å². The topological polar surface area (TPSA) is 40.5 Å². The summed E-state index contributed by atoms with van der Waals surface area (Å²) in [6, 6.07) is 8.80. The molecular weight excluding hydrogens is 226 g/mol. The first kappa shape index (κ1) is 13.1. The van der Waals surface area contributed by atoms with Gasteiger partial charge < -0.3 is 5.11 Å². The maximum absolute atomic E-state index is 11.1. The van der Waals surface area contributed by atoms with Crippen molar-refractivity contribution in [2.75, 3.05) is 6.54 Å². The Morgan fingerprint density at radius 3 is 2.78 bits per heavy atom. The summed E-state index contributed by atoms with van der Waals surface area (Å²) in [4.78, 5) is 13.4. The number of rotatable bonds is 3. The molecule has 98 valence electrons. The number of carboxylic acid groups (broad SMARTS) is 1. The summed E-state index contributed by atoms with van der Waals surface area (Å²) in [5.74, 6) is -0.859. The van der Waals surface area contributed by atoms with E-state index < -0.39 is 5.97 Å². The Morgan fingerprint density at radius 1 is 1.39 bits per heavy atom. The van der Waals surface area contributed by atoms with E-state index in [2.05, 4.69) is 30.9 Å². The van der Waals surface area contributed by atoms with Crippen molar-refractivity contribution in [1.29, 1.82) is 0 Å². The lowest BCUT2D eigenvalue weighted by atomic mass is 9.93. The second kappa shape index (κ2) is 5.53. The van der Waals surface area contributed by atoms with Gasteiger partial charge in [-0.2, -0.15) is 0 Å². The quantitative estimate of drug-likeness (QED) is 0.892. The molecular formula is C15H21NO2. The van der Waals surface area contributed by atoms with E-state index in [0.717, 1.165) is 19.4 Å². The lowest BCUT2D eigenvalue weighted by Crippen LogP contribution is -2.43. The van der Waals surface area contributed by atoms with Crippen LogP contribution in [-0.4, -0.2) is 28.6 Å². The van der Waals surface area contributed by atoms with Gasteiger partial charge in [0.25, 0.3) is 0 Å². The predicted octanol–water partition coefficient (Wildman–Crippen LogP) is 2.68. The van der Waals surface area contributed by atoms with Crippen LogP contribution in [0.15, 0.2) is 24.3 Å². The van der Waals surface area contributed by atoms with E-state index in [9.17, 15) is 4.79 Å². The fourth-order valence-corrected chi connectivity index (χ4v) is 2.61. The average Bonchev–Trinajstić information content (AvgIpc) is 2.34. The van der Waals surface area contributed by atoms with Crippen molar-refractivity contribution >= 4 is 5.97 Å². The average molecular weight is 247 g/mol. The molecule has 1 fully saturated rings. The van der Waals surface area contributed by atoms with E-state index in [1.807, 2.05) is 12.1 Å². The highest BCUT2D eigenvalue weighted by molar-refractivity contribution is 5.70. The van der Waals surface area contributed by atoms with Crippen molar-refractivity contribution < 1.29 is 9.90 Å². The molecule has 2 unspecified atom stereocenters. The number of aryl methyl sites for hydroxylation is 1. The molecule has 0 saturated carbocycles. The Balaban J connectivity index is 2.07. The highest BCUT2D eigenvalue weighted by Crippen LogP contribution is 2.24. The molecule has 3 heteroatoms. The van der Waals surface area contributed by atoms with E-state index in [4.69, 9.17) is 5.11 Å². The molecule has 0 aromatic heterocycles. The summed E-state index contributed by atoms with van der Waals surface area (Å²) in [6.07, 6.45) is 1.78. The number of benzene rings is 1. The molecule has 1 aliphatic heterocycles. The summed E-state index contributed by atoms with van der Waals surface area (Å²) < 4.78 is 0. The summed E-state index contributed by atoms with van der Waals surface area (Å²) in [6.45, 7) is 5.83.